The predicted molar refractivity (Wildman–Crippen MR) is 95.9 cm³/mol. The minimum atomic E-state index is 0.294. The Bertz CT molecular complexity index is 898. The largest absolute Gasteiger partial charge is 0.489 e. The van der Waals surface area contributed by atoms with Crippen LogP contribution in [0.15, 0.2) is 35.0 Å². The fraction of sp³-hybridized carbons (Fsp3) is 0.389. The number of halogens is 1. The molecule has 0 radical (unpaired) electrons. The number of hydrogen-bond acceptors (Lipinski definition) is 6. The Labute approximate surface area is 155 Å². The van der Waals surface area contributed by atoms with Gasteiger partial charge in [0.1, 0.15) is 17.5 Å². The molecule has 0 spiro atoms. The van der Waals surface area contributed by atoms with Gasteiger partial charge in [0.25, 0.3) is 5.89 Å². The molecular formula is C18H18ClN5O2. The van der Waals surface area contributed by atoms with Crippen molar-refractivity contribution in [1.82, 2.24) is 25.2 Å². The SMILES string of the molecule is Clc1cn[nH]c1-c1nc(-c2ccc(OC3CN4CCC3CC4)cc2)no1. The van der Waals surface area contributed by atoms with E-state index in [0.717, 1.165) is 17.9 Å². The van der Waals surface area contributed by atoms with Crippen molar-refractivity contribution in [3.05, 3.63) is 35.5 Å². The number of nitrogens with one attached hydrogen (secondary N) is 1. The van der Waals surface area contributed by atoms with Gasteiger partial charge >= 0.3 is 0 Å². The lowest BCUT2D eigenvalue weighted by Crippen LogP contribution is -2.52. The molecule has 3 fully saturated rings. The van der Waals surface area contributed by atoms with Gasteiger partial charge in [-0.3, -0.25) is 10.00 Å². The van der Waals surface area contributed by atoms with Crippen molar-refractivity contribution in [2.45, 2.75) is 18.9 Å². The van der Waals surface area contributed by atoms with Gasteiger partial charge in [-0.1, -0.05) is 16.8 Å². The van der Waals surface area contributed by atoms with Gasteiger partial charge in [0.05, 0.1) is 11.2 Å². The van der Waals surface area contributed by atoms with Crippen molar-refractivity contribution >= 4 is 11.6 Å². The summed E-state index contributed by atoms with van der Waals surface area (Å²) in [4.78, 5) is 6.87. The van der Waals surface area contributed by atoms with Crippen molar-refractivity contribution in [1.29, 1.82) is 0 Å². The van der Waals surface area contributed by atoms with Gasteiger partial charge in [-0.25, -0.2) is 0 Å². The third-order valence-electron chi connectivity index (χ3n) is 5.23. The van der Waals surface area contributed by atoms with Gasteiger partial charge in [-0.2, -0.15) is 10.1 Å². The van der Waals surface area contributed by atoms with Crippen molar-refractivity contribution in [3.8, 4) is 28.7 Å². The number of rotatable bonds is 4. The number of benzene rings is 1. The number of aromatic amines is 1. The number of H-pyrrole nitrogens is 1. The van der Waals surface area contributed by atoms with Crippen LogP contribution < -0.4 is 4.74 Å². The molecule has 3 aliphatic rings. The molecule has 3 aliphatic heterocycles. The lowest BCUT2D eigenvalue weighted by atomic mass is 9.86. The quantitative estimate of drug-likeness (QED) is 0.758. The summed E-state index contributed by atoms with van der Waals surface area (Å²) >= 11 is 6.03. The molecule has 7 nitrogen and oxygen atoms in total. The molecule has 2 aromatic heterocycles. The highest BCUT2D eigenvalue weighted by molar-refractivity contribution is 6.32. The zero-order valence-corrected chi connectivity index (χ0v) is 14.8. The van der Waals surface area contributed by atoms with Crippen LogP contribution in [-0.2, 0) is 0 Å². The van der Waals surface area contributed by atoms with Gasteiger partial charge in [0.15, 0.2) is 0 Å². The number of fused-ring (bicyclic) bond motifs is 3. The van der Waals surface area contributed by atoms with Gasteiger partial charge in [0, 0.05) is 12.1 Å². The summed E-state index contributed by atoms with van der Waals surface area (Å²) in [6.45, 7) is 3.46. The van der Waals surface area contributed by atoms with E-state index in [4.69, 9.17) is 20.9 Å². The van der Waals surface area contributed by atoms with E-state index in [2.05, 4.69) is 25.2 Å². The van der Waals surface area contributed by atoms with Crippen LogP contribution >= 0.6 is 11.6 Å². The van der Waals surface area contributed by atoms with Crippen LogP contribution in [0.4, 0.5) is 0 Å². The third kappa shape index (κ3) is 2.87. The highest BCUT2D eigenvalue weighted by Crippen LogP contribution is 2.31. The topological polar surface area (TPSA) is 80.1 Å². The van der Waals surface area contributed by atoms with Crippen LogP contribution in [0, 0.1) is 5.92 Å². The third-order valence-corrected chi connectivity index (χ3v) is 5.52. The average molecular weight is 372 g/mol. The normalized spacial score (nSPS) is 24.7. The first kappa shape index (κ1) is 15.8. The molecule has 0 aliphatic carbocycles. The van der Waals surface area contributed by atoms with Gasteiger partial charge in [-0.05, 0) is 56.1 Å². The van der Waals surface area contributed by atoms with E-state index in [1.807, 2.05) is 24.3 Å². The van der Waals surface area contributed by atoms with Crippen LogP contribution in [0.5, 0.6) is 5.75 Å². The maximum atomic E-state index is 6.22. The molecule has 1 unspecified atom stereocenters. The van der Waals surface area contributed by atoms with Gasteiger partial charge < -0.3 is 9.26 Å². The van der Waals surface area contributed by atoms with E-state index >= 15 is 0 Å². The lowest BCUT2D eigenvalue weighted by molar-refractivity contribution is -0.00775. The van der Waals surface area contributed by atoms with Crippen LogP contribution in [0.1, 0.15) is 12.8 Å². The molecule has 6 rings (SSSR count). The van der Waals surface area contributed by atoms with Crippen LogP contribution in [0.2, 0.25) is 5.02 Å². The number of aromatic nitrogens is 4. The summed E-state index contributed by atoms with van der Waals surface area (Å²) in [6, 6.07) is 7.82. The summed E-state index contributed by atoms with van der Waals surface area (Å²) < 4.78 is 11.5. The van der Waals surface area contributed by atoms with E-state index in [1.54, 1.807) is 0 Å². The first-order valence-electron chi connectivity index (χ1n) is 8.78. The molecule has 5 heterocycles. The Morgan fingerprint density at radius 3 is 2.65 bits per heavy atom. The second-order valence-corrected chi connectivity index (χ2v) is 7.24. The van der Waals surface area contributed by atoms with Crippen LogP contribution in [0.3, 0.4) is 0 Å². The second kappa shape index (κ2) is 6.41. The van der Waals surface area contributed by atoms with E-state index < -0.39 is 0 Å². The summed E-state index contributed by atoms with van der Waals surface area (Å²) in [5.74, 6) is 2.38. The summed E-state index contributed by atoms with van der Waals surface area (Å²) in [5.41, 5.74) is 1.38. The Hall–Kier alpha value is -2.38. The lowest BCUT2D eigenvalue weighted by Gasteiger charge is -2.44. The smallest absolute Gasteiger partial charge is 0.277 e. The summed E-state index contributed by atoms with van der Waals surface area (Å²) in [7, 11) is 0. The van der Waals surface area contributed by atoms with Crippen molar-refractivity contribution in [2.75, 3.05) is 19.6 Å². The van der Waals surface area contributed by atoms with Crippen molar-refractivity contribution in [2.24, 2.45) is 5.92 Å². The Morgan fingerprint density at radius 2 is 2.00 bits per heavy atom. The standard InChI is InChI=1S/C18H18ClN5O2/c19-14-9-20-22-16(14)18-21-17(23-26-18)12-1-3-13(4-2-12)25-15-10-24-7-5-11(15)6-8-24/h1-4,9,11,15H,5-8,10H2,(H,20,22). The van der Waals surface area contributed by atoms with Crippen LogP contribution in [0.25, 0.3) is 23.0 Å². The molecule has 2 bridgehead atoms. The number of hydrogen-bond donors (Lipinski definition) is 1. The van der Waals surface area contributed by atoms with Gasteiger partial charge in [-0.15, -0.1) is 0 Å². The van der Waals surface area contributed by atoms with E-state index in [9.17, 15) is 0 Å². The zero-order chi connectivity index (χ0) is 17.5. The van der Waals surface area contributed by atoms with E-state index in [-0.39, 0.29) is 0 Å². The number of piperidine rings is 3. The fourth-order valence-corrected chi connectivity index (χ4v) is 3.94. The Kier molecular flexibility index (Phi) is 3.90. The first-order valence-corrected chi connectivity index (χ1v) is 9.16. The molecule has 3 aromatic rings. The van der Waals surface area contributed by atoms with Crippen molar-refractivity contribution < 1.29 is 9.26 Å². The molecule has 3 saturated heterocycles. The Morgan fingerprint density at radius 1 is 1.19 bits per heavy atom. The predicted octanol–water partition coefficient (Wildman–Crippen LogP) is 3.25. The van der Waals surface area contributed by atoms with E-state index in [1.165, 1.54) is 32.1 Å². The molecule has 0 amide bonds. The number of nitrogens with zero attached hydrogens (tertiary/aromatic N) is 4. The fourth-order valence-electron chi connectivity index (χ4n) is 3.77. The highest BCUT2D eigenvalue weighted by Gasteiger charge is 2.35. The monoisotopic (exact) mass is 371 g/mol. The molecule has 26 heavy (non-hydrogen) atoms. The van der Waals surface area contributed by atoms with Crippen LogP contribution in [-0.4, -0.2) is 51.0 Å². The minimum Gasteiger partial charge on any atom is -0.489 e. The second-order valence-electron chi connectivity index (χ2n) is 6.83. The Balaban J connectivity index is 1.31. The summed E-state index contributed by atoms with van der Waals surface area (Å²) in [5, 5.41) is 11.1. The maximum absolute atomic E-state index is 6.22. The first-order chi connectivity index (χ1) is 12.8. The molecule has 1 atom stereocenters. The molecule has 134 valence electrons. The van der Waals surface area contributed by atoms with Gasteiger partial charge in [0.2, 0.25) is 5.82 Å². The summed E-state index contributed by atoms with van der Waals surface area (Å²) in [6.07, 6.45) is 4.28. The molecule has 1 N–H and O–H groups in total. The average Bonchev–Trinajstić information content (AvgIpc) is 3.32. The zero-order valence-electron chi connectivity index (χ0n) is 14.1. The minimum absolute atomic E-state index is 0.294. The molecule has 0 saturated carbocycles. The van der Waals surface area contributed by atoms with E-state index in [0.29, 0.717) is 34.5 Å². The number of ether oxygens (including phenoxy) is 1. The molecule has 8 heteroatoms. The highest BCUT2D eigenvalue weighted by atomic mass is 35.5. The maximum Gasteiger partial charge on any atom is 0.277 e. The molecule has 1 aromatic carbocycles. The molecular weight excluding hydrogens is 354 g/mol. The van der Waals surface area contributed by atoms with Crippen molar-refractivity contribution in [3.63, 3.8) is 0 Å².